The summed E-state index contributed by atoms with van der Waals surface area (Å²) in [6.07, 6.45) is 1.74. The maximum absolute atomic E-state index is 11.5. The molecule has 3 nitrogen and oxygen atoms in total. The molecule has 0 radical (unpaired) electrons. The second kappa shape index (κ2) is 3.69. The Balaban J connectivity index is 2.71. The van der Waals surface area contributed by atoms with E-state index < -0.39 is 0 Å². The maximum Gasteiger partial charge on any atom is 0.340 e. The van der Waals surface area contributed by atoms with Crippen LogP contribution in [0.15, 0.2) is 30.5 Å². The van der Waals surface area contributed by atoms with Crippen molar-refractivity contribution in [1.82, 2.24) is 4.98 Å². The second-order valence-electron chi connectivity index (χ2n) is 3.38. The second-order valence-corrected chi connectivity index (χ2v) is 3.38. The lowest BCUT2D eigenvalue weighted by Crippen LogP contribution is -2.02. The highest BCUT2D eigenvalue weighted by Crippen LogP contribution is 2.17. The monoisotopic (exact) mass is 201 g/mol. The number of fused-ring (bicyclic) bond motifs is 1. The van der Waals surface area contributed by atoms with E-state index in [1.54, 1.807) is 12.3 Å². The Labute approximate surface area is 87.7 Å². The standard InChI is InChI=1S/C12H11NO2/c1-8-6-9-4-3-5-10(12(14)15-2)11(9)13-7-8/h3-7H,1-2H3. The fourth-order valence-electron chi connectivity index (χ4n) is 1.55. The van der Waals surface area contributed by atoms with Crippen LogP contribution in [0.2, 0.25) is 0 Å². The first-order chi connectivity index (χ1) is 7.22. The molecule has 2 rings (SSSR count). The SMILES string of the molecule is COC(=O)c1cccc2cc(C)cnc12. The summed E-state index contributed by atoms with van der Waals surface area (Å²) in [5, 5.41) is 0.956. The molecule has 1 aromatic heterocycles. The van der Waals surface area contributed by atoms with Gasteiger partial charge in [-0.25, -0.2) is 4.79 Å². The summed E-state index contributed by atoms with van der Waals surface area (Å²) in [7, 11) is 1.37. The first-order valence-corrected chi connectivity index (χ1v) is 4.66. The fourth-order valence-corrected chi connectivity index (χ4v) is 1.55. The minimum atomic E-state index is -0.350. The lowest BCUT2D eigenvalue weighted by molar-refractivity contribution is 0.0603. The third-order valence-electron chi connectivity index (χ3n) is 2.25. The molecule has 0 aliphatic carbocycles. The summed E-state index contributed by atoms with van der Waals surface area (Å²) >= 11 is 0. The number of hydrogen-bond donors (Lipinski definition) is 0. The van der Waals surface area contributed by atoms with Crippen LogP contribution in [0.1, 0.15) is 15.9 Å². The summed E-state index contributed by atoms with van der Waals surface area (Å²) in [5.41, 5.74) is 2.27. The summed E-state index contributed by atoms with van der Waals surface area (Å²) < 4.78 is 4.70. The topological polar surface area (TPSA) is 39.2 Å². The third kappa shape index (κ3) is 1.68. The van der Waals surface area contributed by atoms with E-state index in [9.17, 15) is 4.79 Å². The number of para-hydroxylation sites is 1. The van der Waals surface area contributed by atoms with Gasteiger partial charge in [0.2, 0.25) is 0 Å². The number of rotatable bonds is 1. The van der Waals surface area contributed by atoms with Gasteiger partial charge in [0.1, 0.15) is 0 Å². The van der Waals surface area contributed by atoms with Crippen LogP contribution in [0.5, 0.6) is 0 Å². The van der Waals surface area contributed by atoms with E-state index in [0.29, 0.717) is 11.1 Å². The first-order valence-electron chi connectivity index (χ1n) is 4.66. The molecule has 0 amide bonds. The van der Waals surface area contributed by atoms with Gasteiger partial charge in [-0.3, -0.25) is 4.98 Å². The van der Waals surface area contributed by atoms with Crippen LogP contribution < -0.4 is 0 Å². The van der Waals surface area contributed by atoms with E-state index in [1.165, 1.54) is 7.11 Å². The maximum atomic E-state index is 11.5. The summed E-state index contributed by atoms with van der Waals surface area (Å²) in [6.45, 7) is 1.97. The van der Waals surface area contributed by atoms with Crippen LogP contribution in [0.3, 0.4) is 0 Å². The van der Waals surface area contributed by atoms with Gasteiger partial charge >= 0.3 is 5.97 Å². The van der Waals surface area contributed by atoms with Gasteiger partial charge in [0.25, 0.3) is 0 Å². The minimum Gasteiger partial charge on any atom is -0.465 e. The van der Waals surface area contributed by atoms with Crippen molar-refractivity contribution in [1.29, 1.82) is 0 Å². The van der Waals surface area contributed by atoms with E-state index in [4.69, 9.17) is 4.74 Å². The molecule has 0 unspecified atom stereocenters. The van der Waals surface area contributed by atoms with Gasteiger partial charge in [-0.1, -0.05) is 12.1 Å². The molecule has 1 heterocycles. The zero-order valence-corrected chi connectivity index (χ0v) is 8.65. The molecule has 2 aromatic rings. The van der Waals surface area contributed by atoms with Crippen LogP contribution in [0.4, 0.5) is 0 Å². The highest BCUT2D eigenvalue weighted by atomic mass is 16.5. The quantitative estimate of drug-likeness (QED) is 0.665. The number of carbonyl (C=O) groups is 1. The molecule has 0 bridgehead atoms. The molecule has 0 N–H and O–H groups in total. The molecule has 0 aliphatic rings. The van der Waals surface area contributed by atoms with Gasteiger partial charge < -0.3 is 4.74 Å². The summed E-state index contributed by atoms with van der Waals surface area (Å²) in [6, 6.07) is 7.47. The van der Waals surface area contributed by atoms with Crippen molar-refractivity contribution in [3.05, 3.63) is 41.6 Å². The van der Waals surface area contributed by atoms with Crippen molar-refractivity contribution in [3.63, 3.8) is 0 Å². The largest absolute Gasteiger partial charge is 0.465 e. The van der Waals surface area contributed by atoms with Crippen molar-refractivity contribution in [2.75, 3.05) is 7.11 Å². The number of ether oxygens (including phenoxy) is 1. The number of aryl methyl sites for hydroxylation is 1. The fraction of sp³-hybridized carbons (Fsp3) is 0.167. The predicted molar refractivity (Wildman–Crippen MR) is 57.8 cm³/mol. The van der Waals surface area contributed by atoms with Crippen molar-refractivity contribution >= 4 is 16.9 Å². The van der Waals surface area contributed by atoms with Gasteiger partial charge in [0.05, 0.1) is 18.2 Å². The molecule has 0 aliphatic heterocycles. The molecule has 15 heavy (non-hydrogen) atoms. The van der Waals surface area contributed by atoms with E-state index >= 15 is 0 Å². The van der Waals surface area contributed by atoms with E-state index in [2.05, 4.69) is 4.98 Å². The molecule has 1 aromatic carbocycles. The molecule has 76 valence electrons. The average molecular weight is 201 g/mol. The summed E-state index contributed by atoms with van der Waals surface area (Å²) in [5.74, 6) is -0.350. The van der Waals surface area contributed by atoms with Crippen LogP contribution in [0.25, 0.3) is 10.9 Å². The summed E-state index contributed by atoms with van der Waals surface area (Å²) in [4.78, 5) is 15.7. The first kappa shape index (κ1) is 9.65. The van der Waals surface area contributed by atoms with Crippen LogP contribution in [-0.2, 0) is 4.74 Å². The minimum absolute atomic E-state index is 0.350. The molecular weight excluding hydrogens is 190 g/mol. The van der Waals surface area contributed by atoms with E-state index in [1.807, 2.05) is 25.1 Å². The third-order valence-corrected chi connectivity index (χ3v) is 2.25. The molecule has 3 heteroatoms. The molecule has 0 saturated heterocycles. The van der Waals surface area contributed by atoms with E-state index in [0.717, 1.165) is 10.9 Å². The van der Waals surface area contributed by atoms with Crippen LogP contribution in [-0.4, -0.2) is 18.1 Å². The Bertz CT molecular complexity index is 520. The molecule has 0 spiro atoms. The van der Waals surface area contributed by atoms with Gasteiger partial charge in [-0.2, -0.15) is 0 Å². The zero-order chi connectivity index (χ0) is 10.8. The molecular formula is C12H11NO2. The Morgan fingerprint density at radius 1 is 1.40 bits per heavy atom. The highest BCUT2D eigenvalue weighted by molar-refractivity contribution is 6.02. The number of methoxy groups -OCH3 is 1. The Kier molecular flexibility index (Phi) is 2.37. The lowest BCUT2D eigenvalue weighted by atomic mass is 10.1. The number of aromatic nitrogens is 1. The zero-order valence-electron chi connectivity index (χ0n) is 8.65. The number of esters is 1. The number of nitrogens with zero attached hydrogens (tertiary/aromatic N) is 1. The van der Waals surface area contributed by atoms with Crippen LogP contribution in [0, 0.1) is 6.92 Å². The average Bonchev–Trinajstić information content (AvgIpc) is 2.26. The van der Waals surface area contributed by atoms with Crippen molar-refractivity contribution in [2.24, 2.45) is 0 Å². The molecule has 0 saturated carbocycles. The van der Waals surface area contributed by atoms with Gasteiger partial charge in [0, 0.05) is 11.6 Å². The molecule has 0 fully saturated rings. The molecule has 0 atom stereocenters. The van der Waals surface area contributed by atoms with Gasteiger partial charge in [-0.15, -0.1) is 0 Å². The van der Waals surface area contributed by atoms with Crippen LogP contribution >= 0.6 is 0 Å². The van der Waals surface area contributed by atoms with Crippen molar-refractivity contribution in [3.8, 4) is 0 Å². The number of hydrogen-bond acceptors (Lipinski definition) is 3. The number of carbonyl (C=O) groups excluding carboxylic acids is 1. The Morgan fingerprint density at radius 2 is 2.20 bits per heavy atom. The smallest absolute Gasteiger partial charge is 0.340 e. The Morgan fingerprint density at radius 3 is 2.93 bits per heavy atom. The lowest BCUT2D eigenvalue weighted by Gasteiger charge is -2.04. The Hall–Kier alpha value is -1.90. The highest BCUT2D eigenvalue weighted by Gasteiger charge is 2.10. The van der Waals surface area contributed by atoms with Gasteiger partial charge in [0.15, 0.2) is 0 Å². The van der Waals surface area contributed by atoms with Gasteiger partial charge in [-0.05, 0) is 24.6 Å². The number of pyridine rings is 1. The number of benzene rings is 1. The van der Waals surface area contributed by atoms with E-state index in [-0.39, 0.29) is 5.97 Å². The normalized spacial score (nSPS) is 10.3. The van der Waals surface area contributed by atoms with Crippen molar-refractivity contribution < 1.29 is 9.53 Å². The van der Waals surface area contributed by atoms with Crippen molar-refractivity contribution in [2.45, 2.75) is 6.92 Å². The predicted octanol–water partition coefficient (Wildman–Crippen LogP) is 2.33.